The van der Waals surface area contributed by atoms with Crippen LogP contribution in [0.2, 0.25) is 0 Å². The van der Waals surface area contributed by atoms with Crippen LogP contribution in [-0.4, -0.2) is 47.6 Å². The molecule has 0 aliphatic carbocycles. The van der Waals surface area contributed by atoms with Crippen molar-refractivity contribution in [3.8, 4) is 0 Å². The van der Waals surface area contributed by atoms with Crippen molar-refractivity contribution < 1.29 is 8.78 Å². The minimum Gasteiger partial charge on any atom is -0.364 e. The van der Waals surface area contributed by atoms with Crippen molar-refractivity contribution in [2.75, 3.05) is 37.6 Å². The van der Waals surface area contributed by atoms with E-state index < -0.39 is 5.41 Å². The minimum absolute atomic E-state index is 0.270. The summed E-state index contributed by atoms with van der Waals surface area (Å²) in [6.45, 7) is 4.55. The monoisotopic (exact) mass is 458 g/mol. The maximum atomic E-state index is 13.9. The average molecular weight is 459 g/mol. The van der Waals surface area contributed by atoms with Crippen molar-refractivity contribution in [1.29, 1.82) is 0 Å². The third-order valence-corrected chi connectivity index (χ3v) is 6.88. The van der Waals surface area contributed by atoms with Crippen LogP contribution >= 0.6 is 0 Å². The third kappa shape index (κ3) is 4.46. The molecule has 0 bridgehead atoms. The van der Waals surface area contributed by atoms with Gasteiger partial charge in [0.15, 0.2) is 0 Å². The fraction of sp³-hybridized carbons (Fsp3) is 0.250. The van der Waals surface area contributed by atoms with Gasteiger partial charge in [-0.15, -0.1) is 0 Å². The zero-order valence-electron chi connectivity index (χ0n) is 19.0. The molecule has 1 aliphatic heterocycles. The number of H-pyrrole nitrogens is 1. The molecule has 0 amide bonds. The molecule has 3 heterocycles. The summed E-state index contributed by atoms with van der Waals surface area (Å²) in [7, 11) is 0. The van der Waals surface area contributed by atoms with Gasteiger partial charge in [-0.25, -0.2) is 13.8 Å². The van der Waals surface area contributed by atoms with E-state index in [1.165, 1.54) is 24.3 Å². The molecule has 0 unspecified atom stereocenters. The summed E-state index contributed by atoms with van der Waals surface area (Å²) in [6, 6.07) is 23.4. The van der Waals surface area contributed by atoms with Crippen LogP contribution in [0.1, 0.15) is 23.2 Å². The highest BCUT2D eigenvalue weighted by Gasteiger charge is 2.38. The summed E-state index contributed by atoms with van der Waals surface area (Å²) in [5, 5.41) is 0. The Hall–Kier alpha value is -3.51. The molecular weight excluding hydrogens is 430 g/mol. The molecule has 0 saturated carbocycles. The zero-order chi connectivity index (χ0) is 23.4. The first kappa shape index (κ1) is 22.3. The second-order valence-corrected chi connectivity index (χ2v) is 8.77. The van der Waals surface area contributed by atoms with Crippen LogP contribution in [0.5, 0.6) is 0 Å². The van der Waals surface area contributed by atoms with E-state index in [2.05, 4.69) is 31.9 Å². The summed E-state index contributed by atoms with van der Waals surface area (Å²) < 4.78 is 27.7. The van der Waals surface area contributed by atoms with Crippen molar-refractivity contribution in [3.63, 3.8) is 0 Å². The number of halogens is 2. The van der Waals surface area contributed by atoms with Gasteiger partial charge in [0, 0.05) is 44.3 Å². The second-order valence-electron chi connectivity index (χ2n) is 8.77. The molecule has 4 aromatic rings. The Morgan fingerprint density at radius 2 is 1.41 bits per heavy atom. The summed E-state index contributed by atoms with van der Waals surface area (Å²) >= 11 is 0. The van der Waals surface area contributed by atoms with E-state index in [9.17, 15) is 8.78 Å². The van der Waals surface area contributed by atoms with Gasteiger partial charge in [-0.3, -0.25) is 4.90 Å². The number of hydrogen-bond acceptors (Lipinski definition) is 3. The van der Waals surface area contributed by atoms with Gasteiger partial charge in [0.05, 0.1) is 5.41 Å². The maximum Gasteiger partial charge on any atom is 0.128 e. The van der Waals surface area contributed by atoms with Crippen molar-refractivity contribution in [2.45, 2.75) is 11.8 Å². The quantitative estimate of drug-likeness (QED) is 0.412. The van der Waals surface area contributed by atoms with Crippen molar-refractivity contribution in [2.24, 2.45) is 0 Å². The van der Waals surface area contributed by atoms with Gasteiger partial charge in [0.1, 0.15) is 17.5 Å². The lowest BCUT2D eigenvalue weighted by Crippen LogP contribution is -2.48. The van der Waals surface area contributed by atoms with Gasteiger partial charge in [-0.1, -0.05) is 30.3 Å². The number of rotatable bonds is 7. The van der Waals surface area contributed by atoms with Crippen LogP contribution in [0, 0.1) is 11.6 Å². The maximum absolute atomic E-state index is 13.9. The van der Waals surface area contributed by atoms with Crippen LogP contribution in [0.4, 0.5) is 14.6 Å². The predicted octanol–water partition coefficient (Wildman–Crippen LogP) is 5.23. The molecule has 2 aromatic carbocycles. The number of piperazine rings is 1. The Balaban J connectivity index is 1.43. The zero-order valence-corrected chi connectivity index (χ0v) is 19.0. The molecule has 0 spiro atoms. The van der Waals surface area contributed by atoms with E-state index >= 15 is 0 Å². The molecule has 1 fully saturated rings. The summed E-state index contributed by atoms with van der Waals surface area (Å²) in [6.07, 6.45) is 4.51. The highest BCUT2D eigenvalue weighted by molar-refractivity contribution is 5.48. The van der Waals surface area contributed by atoms with Crippen LogP contribution in [0.25, 0.3) is 0 Å². The Kier molecular flexibility index (Phi) is 6.41. The van der Waals surface area contributed by atoms with Crippen LogP contribution in [0.3, 0.4) is 0 Å². The third-order valence-electron chi connectivity index (χ3n) is 6.88. The normalized spacial score (nSPS) is 14.9. The lowest BCUT2D eigenvalue weighted by molar-refractivity contribution is 0.241. The van der Waals surface area contributed by atoms with Gasteiger partial charge in [0.25, 0.3) is 0 Å². The van der Waals surface area contributed by atoms with Crippen LogP contribution < -0.4 is 4.90 Å². The average Bonchev–Trinajstić information content (AvgIpc) is 3.43. The van der Waals surface area contributed by atoms with E-state index in [0.29, 0.717) is 0 Å². The number of aromatic amines is 1. The lowest BCUT2D eigenvalue weighted by atomic mass is 9.69. The fourth-order valence-electron chi connectivity index (χ4n) is 5.03. The number of nitrogens with one attached hydrogen (secondary N) is 1. The molecule has 1 saturated heterocycles. The van der Waals surface area contributed by atoms with Gasteiger partial charge in [-0.2, -0.15) is 0 Å². The number of pyridine rings is 1. The van der Waals surface area contributed by atoms with Gasteiger partial charge < -0.3 is 9.88 Å². The molecule has 0 radical (unpaired) electrons. The second kappa shape index (κ2) is 9.77. The fourth-order valence-corrected chi connectivity index (χ4v) is 5.03. The predicted molar refractivity (Wildman–Crippen MR) is 131 cm³/mol. The molecule has 2 aromatic heterocycles. The summed E-state index contributed by atoms with van der Waals surface area (Å²) in [4.78, 5) is 12.7. The Labute approximate surface area is 198 Å². The lowest BCUT2D eigenvalue weighted by Gasteiger charge is -2.39. The molecule has 34 heavy (non-hydrogen) atoms. The summed E-state index contributed by atoms with van der Waals surface area (Å²) in [5.41, 5.74) is 2.42. The molecular formula is C28H28F2N4. The van der Waals surface area contributed by atoms with Crippen molar-refractivity contribution in [1.82, 2.24) is 14.9 Å². The van der Waals surface area contributed by atoms with Crippen LogP contribution in [0.15, 0.2) is 91.3 Å². The highest BCUT2D eigenvalue weighted by Crippen LogP contribution is 2.42. The van der Waals surface area contributed by atoms with E-state index in [1.54, 1.807) is 0 Å². The van der Waals surface area contributed by atoms with Gasteiger partial charge >= 0.3 is 0 Å². The first-order valence-electron chi connectivity index (χ1n) is 11.7. The molecule has 0 atom stereocenters. The standard InChI is InChI=1S/C28H28F2N4/c29-24-10-6-22(7-11-24)28(26-4-3-16-31-26,23-8-12-25(30)13-9-23)14-17-33-18-20-34(21-19-33)27-5-1-2-15-32-27/h1-13,15-16,31H,14,17-21H2. The van der Waals surface area contributed by atoms with Gasteiger partial charge in [-0.05, 0) is 72.6 Å². The number of anilines is 1. The van der Waals surface area contributed by atoms with E-state index in [4.69, 9.17) is 0 Å². The first-order chi connectivity index (χ1) is 16.6. The molecule has 1 N–H and O–H groups in total. The van der Waals surface area contributed by atoms with E-state index in [1.807, 2.05) is 54.9 Å². The number of nitrogens with zero attached hydrogens (tertiary/aromatic N) is 3. The number of benzene rings is 2. The summed E-state index contributed by atoms with van der Waals surface area (Å²) in [5.74, 6) is 0.475. The van der Waals surface area contributed by atoms with Crippen molar-refractivity contribution >= 4 is 5.82 Å². The smallest absolute Gasteiger partial charge is 0.128 e. The Morgan fingerprint density at radius 3 is 1.94 bits per heavy atom. The van der Waals surface area contributed by atoms with Crippen LogP contribution in [-0.2, 0) is 5.41 Å². The van der Waals surface area contributed by atoms with Gasteiger partial charge in [0.2, 0.25) is 0 Å². The number of aromatic nitrogens is 2. The highest BCUT2D eigenvalue weighted by atomic mass is 19.1. The SMILES string of the molecule is Fc1ccc(C(CCN2CCN(c3ccccn3)CC2)(c2ccc(F)cc2)c2ccc[nH]2)cc1. The molecule has 174 valence electrons. The molecule has 6 heteroatoms. The number of hydrogen-bond donors (Lipinski definition) is 1. The molecule has 5 rings (SSSR count). The Morgan fingerprint density at radius 1 is 0.765 bits per heavy atom. The molecule has 1 aliphatic rings. The Bertz CT molecular complexity index is 1120. The largest absolute Gasteiger partial charge is 0.364 e. The van der Waals surface area contributed by atoms with E-state index in [-0.39, 0.29) is 11.6 Å². The van der Waals surface area contributed by atoms with E-state index in [0.717, 1.165) is 61.8 Å². The van der Waals surface area contributed by atoms with Crippen molar-refractivity contribution in [3.05, 3.63) is 120 Å². The first-order valence-corrected chi connectivity index (χ1v) is 11.7. The minimum atomic E-state index is -0.553. The molecule has 4 nitrogen and oxygen atoms in total. The topological polar surface area (TPSA) is 35.2 Å².